The van der Waals surface area contributed by atoms with Crippen molar-refractivity contribution >= 4 is 17.5 Å². The van der Waals surface area contributed by atoms with E-state index < -0.39 is 11.8 Å². The molecule has 0 radical (unpaired) electrons. The first-order valence-corrected chi connectivity index (χ1v) is 7.19. The van der Waals surface area contributed by atoms with Crippen LogP contribution in [-0.2, 0) is 11.3 Å². The van der Waals surface area contributed by atoms with Gasteiger partial charge in [0.1, 0.15) is 35.3 Å². The van der Waals surface area contributed by atoms with Crippen LogP contribution in [0, 0.1) is 12.7 Å². The summed E-state index contributed by atoms with van der Waals surface area (Å²) in [5, 5.41) is 6.55. The number of ether oxygens (including phenoxy) is 1. The fraction of sp³-hybridized carbons (Fsp3) is 0.118. The Balaban J connectivity index is 1.76. The summed E-state index contributed by atoms with van der Waals surface area (Å²) in [7, 11) is 0. The molecule has 1 N–H and O–H groups in total. The molecule has 122 valence electrons. The topological polar surface area (TPSA) is 77.2 Å². The highest BCUT2D eigenvalue weighted by Gasteiger charge is 2.16. The number of para-hydroxylation sites is 1. The number of anilines is 2. The molecule has 0 bridgehead atoms. The molecule has 0 aliphatic rings. The largest absolute Gasteiger partial charge is 0.455 e. The van der Waals surface area contributed by atoms with Crippen LogP contribution in [0.1, 0.15) is 21.8 Å². The third-order valence-corrected chi connectivity index (χ3v) is 3.18. The Bertz CT molecular complexity index is 864. The molecule has 0 atom stereocenters. The van der Waals surface area contributed by atoms with E-state index in [9.17, 15) is 9.18 Å². The molecule has 0 aliphatic carbocycles. The number of rotatable bonds is 5. The number of carbonyl (C=O) groups excluding carboxylic acids is 1. The molecule has 0 amide bonds. The molecule has 1 aromatic carbocycles. The Kier molecular flexibility index (Phi) is 4.51. The molecule has 24 heavy (non-hydrogen) atoms. The average Bonchev–Trinajstić information content (AvgIpc) is 3.01. The van der Waals surface area contributed by atoms with Crippen LogP contribution in [-0.4, -0.2) is 16.1 Å². The Morgan fingerprint density at radius 3 is 2.88 bits per heavy atom. The number of nitrogens with zero attached hydrogens (tertiary/aromatic N) is 2. The Hall–Kier alpha value is -3.22. The van der Waals surface area contributed by atoms with Crippen molar-refractivity contribution in [2.75, 3.05) is 5.32 Å². The first kappa shape index (κ1) is 15.7. The minimum atomic E-state index is -0.595. The van der Waals surface area contributed by atoms with Crippen LogP contribution in [0.25, 0.3) is 0 Å². The van der Waals surface area contributed by atoms with Crippen LogP contribution in [0.3, 0.4) is 0 Å². The number of halogens is 1. The van der Waals surface area contributed by atoms with Gasteiger partial charge >= 0.3 is 5.97 Å². The number of hydrogen-bond donors (Lipinski definition) is 1. The number of hydrogen-bond acceptors (Lipinski definition) is 6. The number of nitrogens with one attached hydrogen (secondary N) is 1. The summed E-state index contributed by atoms with van der Waals surface area (Å²) >= 11 is 0. The molecule has 0 aliphatic heterocycles. The molecule has 0 fully saturated rings. The van der Waals surface area contributed by atoms with Crippen molar-refractivity contribution in [3.63, 3.8) is 0 Å². The van der Waals surface area contributed by atoms with Crippen molar-refractivity contribution in [3.05, 3.63) is 71.5 Å². The van der Waals surface area contributed by atoms with E-state index in [-0.39, 0.29) is 23.7 Å². The monoisotopic (exact) mass is 327 g/mol. The van der Waals surface area contributed by atoms with E-state index in [0.717, 1.165) is 0 Å². The van der Waals surface area contributed by atoms with Gasteiger partial charge in [-0.2, -0.15) is 0 Å². The third-order valence-electron chi connectivity index (χ3n) is 3.18. The van der Waals surface area contributed by atoms with Gasteiger partial charge in [0.15, 0.2) is 0 Å². The molecule has 7 heteroatoms. The Morgan fingerprint density at radius 2 is 2.12 bits per heavy atom. The van der Waals surface area contributed by atoms with Crippen molar-refractivity contribution < 1.29 is 18.4 Å². The van der Waals surface area contributed by atoms with E-state index in [2.05, 4.69) is 15.5 Å². The van der Waals surface area contributed by atoms with Crippen LogP contribution in [0.5, 0.6) is 0 Å². The van der Waals surface area contributed by atoms with Gasteiger partial charge in [-0.05, 0) is 31.2 Å². The fourth-order valence-electron chi connectivity index (χ4n) is 2.06. The van der Waals surface area contributed by atoms with Gasteiger partial charge in [0.25, 0.3) is 0 Å². The molecule has 0 saturated heterocycles. The fourth-order valence-corrected chi connectivity index (χ4v) is 2.06. The van der Waals surface area contributed by atoms with E-state index >= 15 is 0 Å². The number of esters is 1. The molecule has 2 aromatic heterocycles. The van der Waals surface area contributed by atoms with Gasteiger partial charge in [-0.3, -0.25) is 0 Å². The summed E-state index contributed by atoms with van der Waals surface area (Å²) in [6.45, 7) is 1.72. The second-order valence-corrected chi connectivity index (χ2v) is 5.01. The summed E-state index contributed by atoms with van der Waals surface area (Å²) < 4.78 is 23.9. The van der Waals surface area contributed by atoms with Gasteiger partial charge in [-0.15, -0.1) is 0 Å². The van der Waals surface area contributed by atoms with Crippen molar-refractivity contribution in [3.8, 4) is 0 Å². The van der Waals surface area contributed by atoms with Crippen molar-refractivity contribution in [1.29, 1.82) is 0 Å². The van der Waals surface area contributed by atoms with Crippen molar-refractivity contribution in [1.82, 2.24) is 10.1 Å². The maximum Gasteiger partial charge on any atom is 0.342 e. The molecule has 0 saturated carbocycles. The zero-order valence-corrected chi connectivity index (χ0v) is 12.8. The molecule has 0 unspecified atom stereocenters. The zero-order valence-electron chi connectivity index (χ0n) is 12.8. The number of aryl methyl sites for hydroxylation is 1. The van der Waals surface area contributed by atoms with E-state index in [0.29, 0.717) is 11.5 Å². The minimum absolute atomic E-state index is 0.0236. The van der Waals surface area contributed by atoms with Gasteiger partial charge in [0, 0.05) is 12.3 Å². The summed E-state index contributed by atoms with van der Waals surface area (Å²) in [6, 6.07) is 11.0. The third kappa shape index (κ3) is 3.57. The molecule has 0 spiro atoms. The lowest BCUT2D eigenvalue weighted by Crippen LogP contribution is -2.10. The van der Waals surface area contributed by atoms with E-state index in [1.165, 1.54) is 12.3 Å². The van der Waals surface area contributed by atoms with Crippen LogP contribution in [0.4, 0.5) is 15.9 Å². The summed E-state index contributed by atoms with van der Waals surface area (Å²) in [5.41, 5.74) is 0.923. The summed E-state index contributed by atoms with van der Waals surface area (Å²) in [4.78, 5) is 16.3. The second-order valence-electron chi connectivity index (χ2n) is 5.01. The predicted molar refractivity (Wildman–Crippen MR) is 84.3 cm³/mol. The lowest BCUT2D eigenvalue weighted by Gasteiger charge is -2.10. The Morgan fingerprint density at radius 1 is 1.29 bits per heavy atom. The molecule has 2 heterocycles. The lowest BCUT2D eigenvalue weighted by molar-refractivity contribution is 0.0465. The number of aromatic nitrogens is 2. The number of carbonyl (C=O) groups is 1. The quantitative estimate of drug-likeness (QED) is 0.721. The molecule has 6 nitrogen and oxygen atoms in total. The van der Waals surface area contributed by atoms with Crippen molar-refractivity contribution in [2.24, 2.45) is 0 Å². The van der Waals surface area contributed by atoms with E-state index in [4.69, 9.17) is 9.26 Å². The van der Waals surface area contributed by atoms with Gasteiger partial charge in [0.2, 0.25) is 0 Å². The van der Waals surface area contributed by atoms with Crippen LogP contribution in [0.15, 0.2) is 53.2 Å². The molecule has 3 aromatic rings. The van der Waals surface area contributed by atoms with Gasteiger partial charge in [-0.1, -0.05) is 17.3 Å². The highest BCUT2D eigenvalue weighted by atomic mass is 19.1. The van der Waals surface area contributed by atoms with Crippen LogP contribution < -0.4 is 5.32 Å². The Labute approximate surface area is 137 Å². The molecule has 3 rings (SSSR count). The molecular weight excluding hydrogens is 313 g/mol. The maximum absolute atomic E-state index is 13.8. The second kappa shape index (κ2) is 6.91. The zero-order chi connectivity index (χ0) is 16.9. The lowest BCUT2D eigenvalue weighted by atomic mass is 10.2. The first-order valence-electron chi connectivity index (χ1n) is 7.19. The highest BCUT2D eigenvalue weighted by molar-refractivity contribution is 5.95. The first-order chi connectivity index (χ1) is 11.6. The smallest absolute Gasteiger partial charge is 0.342 e. The highest BCUT2D eigenvalue weighted by Crippen LogP contribution is 2.21. The van der Waals surface area contributed by atoms with E-state index in [1.807, 2.05) is 0 Å². The number of benzene rings is 1. The summed E-state index contributed by atoms with van der Waals surface area (Å²) in [6.07, 6.45) is 1.50. The molecular formula is C17H14FN3O3. The summed E-state index contributed by atoms with van der Waals surface area (Å²) in [5.74, 6) is -0.198. The van der Waals surface area contributed by atoms with Crippen molar-refractivity contribution in [2.45, 2.75) is 13.5 Å². The maximum atomic E-state index is 13.8. The number of pyridine rings is 1. The van der Waals surface area contributed by atoms with Gasteiger partial charge in [0.05, 0.1) is 5.69 Å². The van der Waals surface area contributed by atoms with Gasteiger partial charge in [-0.25, -0.2) is 14.2 Å². The predicted octanol–water partition coefficient (Wildman–Crippen LogP) is 3.62. The van der Waals surface area contributed by atoms with Crippen LogP contribution >= 0.6 is 0 Å². The standard InChI is InChI=1S/C17H14FN3O3/c1-11-9-12(21-24-11)10-23-17(22)13-5-4-8-19-16(13)20-15-7-3-2-6-14(15)18/h2-9H,10H2,1H3,(H,19,20). The normalized spacial score (nSPS) is 10.4. The van der Waals surface area contributed by atoms with Gasteiger partial charge < -0.3 is 14.6 Å². The van der Waals surface area contributed by atoms with E-state index in [1.54, 1.807) is 43.3 Å². The minimum Gasteiger partial charge on any atom is -0.455 e. The van der Waals surface area contributed by atoms with Crippen LogP contribution in [0.2, 0.25) is 0 Å². The average molecular weight is 327 g/mol. The SMILES string of the molecule is Cc1cc(COC(=O)c2cccnc2Nc2ccccc2F)no1.